The zero-order chi connectivity index (χ0) is 15.1. The van der Waals surface area contributed by atoms with E-state index in [0.29, 0.717) is 12.1 Å². The molecular weight excluding hydrogens is 328 g/mol. The number of nitrogens with zero attached hydrogens (tertiary/aromatic N) is 1. The van der Waals surface area contributed by atoms with Gasteiger partial charge in [-0.05, 0) is 61.2 Å². The Kier molecular flexibility index (Phi) is 3.49. The Morgan fingerprint density at radius 3 is 2.67 bits per heavy atom. The van der Waals surface area contributed by atoms with Crippen molar-refractivity contribution in [2.45, 2.75) is 20.3 Å². The molecule has 2 aromatic rings. The first-order valence-electron chi connectivity index (χ1n) is 6.94. The summed E-state index contributed by atoms with van der Waals surface area (Å²) in [5.74, 6) is 0.0348. The number of carbonyl (C=O) groups excluding carboxylic acids is 1. The summed E-state index contributed by atoms with van der Waals surface area (Å²) in [5, 5.41) is 0. The molecule has 0 aromatic heterocycles. The van der Waals surface area contributed by atoms with Gasteiger partial charge in [0.2, 0.25) is 0 Å². The van der Waals surface area contributed by atoms with Crippen molar-refractivity contribution in [3.05, 3.63) is 57.1 Å². The second-order valence-corrected chi connectivity index (χ2v) is 6.36. The number of nitrogens with two attached hydrogens (primary N) is 1. The first kappa shape index (κ1) is 14.1. The number of carbonyl (C=O) groups is 1. The van der Waals surface area contributed by atoms with E-state index in [0.717, 1.165) is 33.4 Å². The van der Waals surface area contributed by atoms with Gasteiger partial charge in [-0.3, -0.25) is 4.79 Å². The lowest BCUT2D eigenvalue weighted by Crippen LogP contribution is -2.29. The van der Waals surface area contributed by atoms with Gasteiger partial charge >= 0.3 is 0 Å². The summed E-state index contributed by atoms with van der Waals surface area (Å²) in [6, 6.07) is 9.70. The number of hydrogen-bond acceptors (Lipinski definition) is 2. The molecule has 1 heterocycles. The first-order valence-corrected chi connectivity index (χ1v) is 7.73. The predicted octanol–water partition coefficient (Wildman–Crippen LogP) is 3.85. The fourth-order valence-corrected chi connectivity index (χ4v) is 2.97. The second kappa shape index (κ2) is 5.19. The molecule has 3 nitrogen and oxygen atoms in total. The molecule has 0 saturated carbocycles. The molecule has 0 radical (unpaired) electrons. The molecular formula is C17H17BrN2O. The Morgan fingerprint density at radius 2 is 1.95 bits per heavy atom. The van der Waals surface area contributed by atoms with Crippen LogP contribution in [0.5, 0.6) is 0 Å². The summed E-state index contributed by atoms with van der Waals surface area (Å²) in [4.78, 5) is 14.6. The molecule has 0 spiro atoms. The number of benzene rings is 2. The molecule has 0 bridgehead atoms. The highest BCUT2D eigenvalue weighted by Crippen LogP contribution is 2.33. The Labute approximate surface area is 132 Å². The van der Waals surface area contributed by atoms with Crippen LogP contribution in [0, 0.1) is 13.8 Å². The van der Waals surface area contributed by atoms with E-state index in [-0.39, 0.29) is 5.91 Å². The summed E-state index contributed by atoms with van der Waals surface area (Å²) in [6.07, 6.45) is 0.887. The van der Waals surface area contributed by atoms with E-state index in [2.05, 4.69) is 22.0 Å². The number of nitrogen functional groups attached to an aromatic ring is 1. The Bertz CT molecular complexity index is 740. The van der Waals surface area contributed by atoms with Gasteiger partial charge in [-0.2, -0.15) is 0 Å². The number of anilines is 2. The average molecular weight is 345 g/mol. The fourth-order valence-electron chi connectivity index (χ4n) is 2.72. The van der Waals surface area contributed by atoms with Crippen LogP contribution >= 0.6 is 15.9 Å². The van der Waals surface area contributed by atoms with Gasteiger partial charge in [-0.1, -0.05) is 22.0 Å². The van der Waals surface area contributed by atoms with E-state index in [1.165, 1.54) is 5.56 Å². The van der Waals surface area contributed by atoms with Gasteiger partial charge in [0, 0.05) is 28.0 Å². The molecule has 21 heavy (non-hydrogen) atoms. The lowest BCUT2D eigenvalue weighted by atomic mass is 10.1. The minimum absolute atomic E-state index is 0.0348. The molecule has 1 amide bonds. The van der Waals surface area contributed by atoms with Crippen molar-refractivity contribution in [3.63, 3.8) is 0 Å². The topological polar surface area (TPSA) is 46.3 Å². The third-order valence-corrected chi connectivity index (χ3v) is 4.90. The summed E-state index contributed by atoms with van der Waals surface area (Å²) in [7, 11) is 0. The maximum absolute atomic E-state index is 12.7. The fraction of sp³-hybridized carbons (Fsp3) is 0.235. The third-order valence-electron chi connectivity index (χ3n) is 4.01. The van der Waals surface area contributed by atoms with Crippen molar-refractivity contribution in [1.82, 2.24) is 0 Å². The molecule has 1 aliphatic heterocycles. The molecule has 0 saturated heterocycles. The van der Waals surface area contributed by atoms with Crippen molar-refractivity contribution in [3.8, 4) is 0 Å². The smallest absolute Gasteiger partial charge is 0.258 e. The van der Waals surface area contributed by atoms with Gasteiger partial charge in [-0.25, -0.2) is 0 Å². The van der Waals surface area contributed by atoms with Crippen molar-refractivity contribution < 1.29 is 4.79 Å². The van der Waals surface area contributed by atoms with Gasteiger partial charge in [-0.15, -0.1) is 0 Å². The van der Waals surface area contributed by atoms with Crippen LogP contribution in [0.25, 0.3) is 0 Å². The van der Waals surface area contributed by atoms with Crippen LogP contribution in [0.4, 0.5) is 11.4 Å². The van der Waals surface area contributed by atoms with E-state index in [4.69, 9.17) is 5.73 Å². The van der Waals surface area contributed by atoms with Gasteiger partial charge in [0.1, 0.15) is 0 Å². The van der Waals surface area contributed by atoms with Crippen LogP contribution in [0.15, 0.2) is 34.8 Å². The number of amides is 1. The van der Waals surface area contributed by atoms with E-state index in [1.54, 1.807) is 0 Å². The second-order valence-electron chi connectivity index (χ2n) is 5.51. The van der Waals surface area contributed by atoms with E-state index in [1.807, 2.05) is 43.0 Å². The summed E-state index contributed by atoms with van der Waals surface area (Å²) in [5.41, 5.74) is 11.7. The standard InChI is InChI=1S/C17H17BrN2O/c1-10-7-13(3-4-14(10)18)17(21)20-6-5-12-8-11(2)15(19)9-16(12)20/h3-4,7-9H,5-6,19H2,1-2H3. The summed E-state index contributed by atoms with van der Waals surface area (Å²) < 4.78 is 1.01. The molecule has 2 aromatic carbocycles. The highest BCUT2D eigenvalue weighted by molar-refractivity contribution is 9.10. The number of rotatable bonds is 1. The average Bonchev–Trinajstić information content (AvgIpc) is 2.84. The SMILES string of the molecule is Cc1cc2c(cc1N)N(C(=O)c1ccc(Br)c(C)c1)CC2. The quantitative estimate of drug-likeness (QED) is 0.798. The maximum atomic E-state index is 12.7. The van der Waals surface area contributed by atoms with Crippen LogP contribution in [0.1, 0.15) is 27.0 Å². The van der Waals surface area contributed by atoms with Crippen molar-refractivity contribution in [2.24, 2.45) is 0 Å². The molecule has 108 valence electrons. The molecule has 1 aliphatic rings. The summed E-state index contributed by atoms with van der Waals surface area (Å²) >= 11 is 3.46. The lowest BCUT2D eigenvalue weighted by Gasteiger charge is -2.18. The zero-order valence-electron chi connectivity index (χ0n) is 12.1. The Balaban J connectivity index is 1.98. The van der Waals surface area contributed by atoms with Gasteiger partial charge in [0.25, 0.3) is 5.91 Å². The van der Waals surface area contributed by atoms with Crippen LogP contribution < -0.4 is 10.6 Å². The van der Waals surface area contributed by atoms with Crippen LogP contribution in [-0.4, -0.2) is 12.5 Å². The first-order chi connectivity index (χ1) is 9.97. The van der Waals surface area contributed by atoms with Crippen molar-refractivity contribution in [1.29, 1.82) is 0 Å². The van der Waals surface area contributed by atoms with E-state index in [9.17, 15) is 4.79 Å². The monoisotopic (exact) mass is 344 g/mol. The Morgan fingerprint density at radius 1 is 1.19 bits per heavy atom. The van der Waals surface area contributed by atoms with E-state index >= 15 is 0 Å². The van der Waals surface area contributed by atoms with Gasteiger partial charge < -0.3 is 10.6 Å². The van der Waals surface area contributed by atoms with Crippen molar-refractivity contribution >= 4 is 33.2 Å². The highest BCUT2D eigenvalue weighted by atomic mass is 79.9. The third kappa shape index (κ3) is 2.44. The minimum atomic E-state index is 0.0348. The van der Waals surface area contributed by atoms with Crippen LogP contribution in [-0.2, 0) is 6.42 Å². The van der Waals surface area contributed by atoms with E-state index < -0.39 is 0 Å². The highest BCUT2D eigenvalue weighted by Gasteiger charge is 2.26. The number of aryl methyl sites for hydroxylation is 2. The molecule has 4 heteroatoms. The maximum Gasteiger partial charge on any atom is 0.258 e. The zero-order valence-corrected chi connectivity index (χ0v) is 13.7. The molecule has 0 fully saturated rings. The molecule has 3 rings (SSSR count). The van der Waals surface area contributed by atoms with Crippen LogP contribution in [0.3, 0.4) is 0 Å². The van der Waals surface area contributed by atoms with Crippen LogP contribution in [0.2, 0.25) is 0 Å². The predicted molar refractivity (Wildman–Crippen MR) is 89.9 cm³/mol. The largest absolute Gasteiger partial charge is 0.398 e. The number of hydrogen-bond donors (Lipinski definition) is 1. The van der Waals surface area contributed by atoms with Gasteiger partial charge in [0.05, 0.1) is 0 Å². The van der Waals surface area contributed by atoms with Gasteiger partial charge in [0.15, 0.2) is 0 Å². The Hall–Kier alpha value is -1.81. The van der Waals surface area contributed by atoms with Crippen molar-refractivity contribution in [2.75, 3.05) is 17.2 Å². The molecule has 0 unspecified atom stereocenters. The minimum Gasteiger partial charge on any atom is -0.398 e. The lowest BCUT2D eigenvalue weighted by molar-refractivity contribution is 0.0989. The number of fused-ring (bicyclic) bond motifs is 1. The summed E-state index contributed by atoms with van der Waals surface area (Å²) in [6.45, 7) is 4.70. The molecule has 2 N–H and O–H groups in total. The normalized spacial score (nSPS) is 13.4. The molecule has 0 atom stereocenters. The number of halogens is 1. The molecule has 0 aliphatic carbocycles.